The van der Waals surface area contributed by atoms with Gasteiger partial charge in [0.25, 0.3) is 0 Å². The number of hydrogen-bond acceptors (Lipinski definition) is 2. The molecule has 1 aliphatic rings. The van der Waals surface area contributed by atoms with Crippen LogP contribution in [0.4, 0.5) is 5.69 Å². The van der Waals surface area contributed by atoms with Crippen molar-refractivity contribution in [2.45, 2.75) is 45.4 Å². The molecule has 0 unspecified atom stereocenters. The molecule has 0 amide bonds. The molecule has 0 heterocycles. The van der Waals surface area contributed by atoms with Crippen molar-refractivity contribution in [3.05, 3.63) is 89.5 Å². The Kier molecular flexibility index (Phi) is 7.24. The van der Waals surface area contributed by atoms with E-state index >= 15 is 0 Å². The maximum Gasteiger partial charge on any atom is 0.150 e. The number of aldehydes is 1. The molecule has 3 aromatic rings. The highest BCUT2D eigenvalue weighted by Crippen LogP contribution is 2.35. The lowest BCUT2D eigenvalue weighted by molar-refractivity contribution is 0.112. The Hall–Kier alpha value is -2.87. The molecular formula is C27H31NO. The minimum absolute atomic E-state index is 0.724. The molecular weight excluding hydrogens is 354 g/mol. The summed E-state index contributed by atoms with van der Waals surface area (Å²) in [7, 11) is 0. The van der Waals surface area contributed by atoms with Gasteiger partial charge in [-0.25, -0.2) is 0 Å². The van der Waals surface area contributed by atoms with Crippen molar-refractivity contribution in [1.29, 1.82) is 0 Å². The molecule has 2 nitrogen and oxygen atoms in total. The average Bonchev–Trinajstić information content (AvgIpc) is 2.76. The Balaban J connectivity index is 0.000000166. The van der Waals surface area contributed by atoms with Gasteiger partial charge >= 0.3 is 0 Å². The smallest absolute Gasteiger partial charge is 0.150 e. The maximum atomic E-state index is 10.5. The molecule has 1 fully saturated rings. The summed E-state index contributed by atoms with van der Waals surface area (Å²) in [5, 5.41) is 0. The van der Waals surface area contributed by atoms with Crippen molar-refractivity contribution in [2.24, 2.45) is 5.92 Å². The molecule has 2 heteroatoms. The highest BCUT2D eigenvalue weighted by molar-refractivity contribution is 5.74. The summed E-state index contributed by atoms with van der Waals surface area (Å²) in [4.78, 5) is 10.5. The van der Waals surface area contributed by atoms with E-state index in [1.54, 1.807) is 0 Å². The van der Waals surface area contributed by atoms with Gasteiger partial charge in [0.2, 0.25) is 0 Å². The number of rotatable bonds is 3. The molecule has 3 aromatic carbocycles. The van der Waals surface area contributed by atoms with Crippen molar-refractivity contribution in [3.8, 4) is 11.1 Å². The fourth-order valence-corrected chi connectivity index (χ4v) is 3.86. The first kappa shape index (κ1) is 20.9. The number of carbonyl (C=O) groups is 1. The fourth-order valence-electron chi connectivity index (χ4n) is 3.86. The van der Waals surface area contributed by atoms with Crippen LogP contribution in [-0.2, 0) is 0 Å². The Morgan fingerprint density at radius 2 is 1.28 bits per heavy atom. The van der Waals surface area contributed by atoms with Crippen molar-refractivity contribution in [2.75, 3.05) is 5.73 Å². The lowest BCUT2D eigenvalue weighted by Gasteiger charge is -2.26. The van der Waals surface area contributed by atoms with Gasteiger partial charge < -0.3 is 5.73 Å². The first-order valence-electron chi connectivity index (χ1n) is 10.5. The predicted molar refractivity (Wildman–Crippen MR) is 123 cm³/mol. The van der Waals surface area contributed by atoms with E-state index in [0.717, 1.165) is 29.4 Å². The molecule has 0 saturated heterocycles. The van der Waals surface area contributed by atoms with E-state index in [1.807, 2.05) is 36.4 Å². The lowest BCUT2D eigenvalue weighted by Crippen LogP contribution is -2.10. The normalized spacial score (nSPS) is 18.4. The molecule has 29 heavy (non-hydrogen) atoms. The number of carbonyl (C=O) groups excluding carboxylic acids is 1. The van der Waals surface area contributed by atoms with Gasteiger partial charge in [0, 0.05) is 11.3 Å². The van der Waals surface area contributed by atoms with Crippen LogP contribution in [0.1, 0.15) is 60.0 Å². The minimum Gasteiger partial charge on any atom is -0.399 e. The summed E-state index contributed by atoms with van der Waals surface area (Å²) in [6.07, 6.45) is 6.22. The van der Waals surface area contributed by atoms with Crippen LogP contribution in [0.2, 0.25) is 0 Å². The third kappa shape index (κ3) is 6.05. The molecule has 1 saturated carbocycles. The molecule has 4 rings (SSSR count). The van der Waals surface area contributed by atoms with Crippen LogP contribution in [0.3, 0.4) is 0 Å². The minimum atomic E-state index is 0.724. The lowest BCUT2D eigenvalue weighted by atomic mass is 9.79. The third-order valence-electron chi connectivity index (χ3n) is 5.86. The Labute approximate surface area is 174 Å². The monoisotopic (exact) mass is 385 g/mol. The summed E-state index contributed by atoms with van der Waals surface area (Å²) < 4.78 is 0. The van der Waals surface area contributed by atoms with Crippen LogP contribution in [0.5, 0.6) is 0 Å². The van der Waals surface area contributed by atoms with Crippen molar-refractivity contribution >= 4 is 12.0 Å². The number of aryl methyl sites for hydroxylation is 1. The Morgan fingerprint density at radius 1 is 0.759 bits per heavy atom. The zero-order valence-electron chi connectivity index (χ0n) is 17.5. The molecule has 0 aromatic heterocycles. The molecule has 0 atom stereocenters. The highest BCUT2D eigenvalue weighted by atomic mass is 16.1. The zero-order chi connectivity index (χ0) is 20.6. The van der Waals surface area contributed by atoms with E-state index in [1.165, 1.54) is 47.9 Å². The molecule has 150 valence electrons. The summed E-state index contributed by atoms with van der Waals surface area (Å²) >= 11 is 0. The topological polar surface area (TPSA) is 43.1 Å². The summed E-state index contributed by atoms with van der Waals surface area (Å²) in [6, 6.07) is 24.5. The van der Waals surface area contributed by atoms with Crippen LogP contribution >= 0.6 is 0 Å². The second kappa shape index (κ2) is 10.1. The van der Waals surface area contributed by atoms with Gasteiger partial charge in [-0.1, -0.05) is 86.0 Å². The fraction of sp³-hybridized carbons (Fsp3) is 0.296. The first-order valence-corrected chi connectivity index (χ1v) is 10.5. The molecule has 0 aliphatic heterocycles. The van der Waals surface area contributed by atoms with E-state index in [0.29, 0.717) is 0 Å². The molecule has 2 N–H and O–H groups in total. The number of hydrogen-bond donors (Lipinski definition) is 1. The SMILES string of the molecule is CC1CCC(c2ccc(C=O)cc2)CC1.Cc1ccc(-c2ccc(N)cc2)cc1. The second-order valence-corrected chi connectivity index (χ2v) is 8.23. The Bertz CT molecular complexity index is 843. The average molecular weight is 386 g/mol. The standard InChI is InChI=1S/C14H18O.C13H13N/c1-11-2-6-13(7-3-11)14-8-4-12(10-15)5-9-14;1-10-2-4-11(5-3-10)12-6-8-13(14)9-7-12/h4-5,8-11,13H,2-3,6-7H2,1H3;2-9H,14H2,1H3. The van der Waals surface area contributed by atoms with Crippen LogP contribution < -0.4 is 5.73 Å². The molecule has 1 aliphatic carbocycles. The van der Waals surface area contributed by atoms with Gasteiger partial charge in [-0.2, -0.15) is 0 Å². The molecule has 0 radical (unpaired) electrons. The summed E-state index contributed by atoms with van der Waals surface area (Å²) in [6.45, 7) is 4.43. The van der Waals surface area contributed by atoms with Gasteiger partial charge in [0.15, 0.2) is 0 Å². The highest BCUT2D eigenvalue weighted by Gasteiger charge is 2.19. The number of nitrogen functional groups attached to an aromatic ring is 1. The second-order valence-electron chi connectivity index (χ2n) is 8.23. The van der Waals surface area contributed by atoms with Crippen LogP contribution in [-0.4, -0.2) is 6.29 Å². The molecule has 0 bridgehead atoms. The predicted octanol–water partition coefficient (Wildman–Crippen LogP) is 7.04. The van der Waals surface area contributed by atoms with Crippen LogP contribution in [0.15, 0.2) is 72.8 Å². The van der Waals surface area contributed by atoms with Crippen molar-refractivity contribution in [1.82, 2.24) is 0 Å². The number of anilines is 1. The van der Waals surface area contributed by atoms with E-state index in [2.05, 4.69) is 50.2 Å². The number of nitrogens with two attached hydrogens (primary N) is 1. The van der Waals surface area contributed by atoms with E-state index in [9.17, 15) is 4.79 Å². The van der Waals surface area contributed by atoms with Crippen LogP contribution in [0, 0.1) is 12.8 Å². The summed E-state index contributed by atoms with van der Waals surface area (Å²) in [5.41, 5.74) is 12.3. The zero-order valence-corrected chi connectivity index (χ0v) is 17.5. The van der Waals surface area contributed by atoms with Crippen molar-refractivity contribution in [3.63, 3.8) is 0 Å². The van der Waals surface area contributed by atoms with Gasteiger partial charge in [-0.15, -0.1) is 0 Å². The maximum absolute atomic E-state index is 10.5. The first-order chi connectivity index (χ1) is 14.0. The number of benzene rings is 3. The summed E-state index contributed by atoms with van der Waals surface area (Å²) in [5.74, 6) is 1.62. The van der Waals surface area contributed by atoms with E-state index in [-0.39, 0.29) is 0 Å². The van der Waals surface area contributed by atoms with E-state index in [4.69, 9.17) is 5.73 Å². The third-order valence-corrected chi connectivity index (χ3v) is 5.86. The van der Waals surface area contributed by atoms with Gasteiger partial charge in [-0.05, 0) is 60.4 Å². The van der Waals surface area contributed by atoms with Gasteiger partial charge in [0.05, 0.1) is 0 Å². The van der Waals surface area contributed by atoms with Crippen LogP contribution in [0.25, 0.3) is 11.1 Å². The molecule has 0 spiro atoms. The van der Waals surface area contributed by atoms with Gasteiger partial charge in [-0.3, -0.25) is 4.79 Å². The largest absolute Gasteiger partial charge is 0.399 e. The quantitative estimate of drug-likeness (QED) is 0.388. The van der Waals surface area contributed by atoms with Gasteiger partial charge in [0.1, 0.15) is 6.29 Å². The van der Waals surface area contributed by atoms with Crippen molar-refractivity contribution < 1.29 is 4.79 Å². The van der Waals surface area contributed by atoms with E-state index < -0.39 is 0 Å². The Morgan fingerprint density at radius 3 is 1.79 bits per heavy atom.